The molecule has 0 aromatic carbocycles. The summed E-state index contributed by atoms with van der Waals surface area (Å²) in [5.41, 5.74) is 0. The van der Waals surface area contributed by atoms with Crippen LogP contribution in [0.15, 0.2) is 18.5 Å². The van der Waals surface area contributed by atoms with Gasteiger partial charge in [-0.1, -0.05) is 11.6 Å². The smallest absolute Gasteiger partial charge is 0.318 e. The number of piperazine rings is 1. The van der Waals surface area contributed by atoms with Crippen molar-refractivity contribution in [2.45, 2.75) is 6.92 Å². The van der Waals surface area contributed by atoms with E-state index in [0.717, 1.165) is 37.8 Å². The Morgan fingerprint density at radius 1 is 1.09 bits per heavy atom. The topological polar surface area (TPSA) is 67.3 Å². The molecular formula is C14H17ClN6O. The van der Waals surface area contributed by atoms with Crippen molar-refractivity contribution in [3.8, 4) is 6.01 Å². The SMILES string of the molecule is COc1ncc(Cl)c(N2CCN(c3ccnc(C)n3)CC2)n1. The normalized spacial score (nSPS) is 15.0. The van der Waals surface area contributed by atoms with Gasteiger partial charge in [-0.3, -0.25) is 0 Å². The van der Waals surface area contributed by atoms with Crippen LogP contribution in [-0.2, 0) is 0 Å². The zero-order chi connectivity index (χ0) is 15.5. The van der Waals surface area contributed by atoms with Gasteiger partial charge in [-0.05, 0) is 13.0 Å². The van der Waals surface area contributed by atoms with E-state index in [2.05, 4.69) is 29.7 Å². The molecule has 7 nitrogen and oxygen atoms in total. The van der Waals surface area contributed by atoms with E-state index in [1.54, 1.807) is 19.5 Å². The van der Waals surface area contributed by atoms with E-state index >= 15 is 0 Å². The molecule has 116 valence electrons. The summed E-state index contributed by atoms with van der Waals surface area (Å²) in [4.78, 5) is 21.3. The molecule has 1 fully saturated rings. The quantitative estimate of drug-likeness (QED) is 0.850. The zero-order valence-corrected chi connectivity index (χ0v) is 13.3. The van der Waals surface area contributed by atoms with Gasteiger partial charge in [-0.15, -0.1) is 0 Å². The van der Waals surface area contributed by atoms with E-state index in [0.29, 0.717) is 16.9 Å². The van der Waals surface area contributed by atoms with Crippen LogP contribution in [0.2, 0.25) is 5.02 Å². The number of hydrogen-bond donors (Lipinski definition) is 0. The van der Waals surface area contributed by atoms with E-state index in [1.165, 1.54) is 0 Å². The second kappa shape index (κ2) is 6.31. The minimum Gasteiger partial charge on any atom is -0.467 e. The second-order valence-corrected chi connectivity index (χ2v) is 5.37. The maximum atomic E-state index is 6.20. The first-order valence-electron chi connectivity index (χ1n) is 7.03. The van der Waals surface area contributed by atoms with Crippen molar-refractivity contribution in [1.29, 1.82) is 0 Å². The van der Waals surface area contributed by atoms with Crippen LogP contribution in [0.5, 0.6) is 6.01 Å². The Balaban J connectivity index is 1.72. The van der Waals surface area contributed by atoms with Gasteiger partial charge in [0.2, 0.25) is 0 Å². The molecule has 0 atom stereocenters. The fraction of sp³-hybridized carbons (Fsp3) is 0.429. The summed E-state index contributed by atoms with van der Waals surface area (Å²) in [5, 5.41) is 0.534. The predicted octanol–water partition coefficient (Wildman–Crippen LogP) is 1.56. The molecule has 22 heavy (non-hydrogen) atoms. The molecule has 1 aliphatic rings. The first-order valence-corrected chi connectivity index (χ1v) is 7.41. The lowest BCUT2D eigenvalue weighted by molar-refractivity contribution is 0.379. The third-order valence-electron chi connectivity index (χ3n) is 3.55. The number of hydrogen-bond acceptors (Lipinski definition) is 7. The molecule has 1 saturated heterocycles. The molecule has 0 N–H and O–H groups in total. The van der Waals surface area contributed by atoms with Gasteiger partial charge >= 0.3 is 6.01 Å². The average Bonchev–Trinajstić information content (AvgIpc) is 2.55. The van der Waals surface area contributed by atoms with Crippen molar-refractivity contribution in [2.24, 2.45) is 0 Å². The van der Waals surface area contributed by atoms with Gasteiger partial charge in [0.1, 0.15) is 16.7 Å². The van der Waals surface area contributed by atoms with Crippen LogP contribution in [0.25, 0.3) is 0 Å². The Kier molecular flexibility index (Phi) is 4.24. The summed E-state index contributed by atoms with van der Waals surface area (Å²) in [6.45, 7) is 5.21. The van der Waals surface area contributed by atoms with Crippen molar-refractivity contribution >= 4 is 23.2 Å². The van der Waals surface area contributed by atoms with Crippen LogP contribution in [0.3, 0.4) is 0 Å². The van der Waals surface area contributed by atoms with Gasteiger partial charge in [0, 0.05) is 32.4 Å². The van der Waals surface area contributed by atoms with Gasteiger partial charge < -0.3 is 14.5 Å². The fourth-order valence-electron chi connectivity index (χ4n) is 2.43. The van der Waals surface area contributed by atoms with Crippen LogP contribution >= 0.6 is 11.6 Å². The lowest BCUT2D eigenvalue weighted by atomic mass is 10.3. The molecule has 1 aliphatic heterocycles. The highest BCUT2D eigenvalue weighted by Gasteiger charge is 2.21. The maximum Gasteiger partial charge on any atom is 0.318 e. The van der Waals surface area contributed by atoms with E-state index in [-0.39, 0.29) is 0 Å². The largest absolute Gasteiger partial charge is 0.467 e. The lowest BCUT2D eigenvalue weighted by Crippen LogP contribution is -2.47. The number of nitrogens with zero attached hydrogens (tertiary/aromatic N) is 6. The molecule has 0 aliphatic carbocycles. The van der Waals surface area contributed by atoms with Gasteiger partial charge in [-0.2, -0.15) is 4.98 Å². The molecule has 0 bridgehead atoms. The summed E-state index contributed by atoms with van der Waals surface area (Å²) in [7, 11) is 1.54. The zero-order valence-electron chi connectivity index (χ0n) is 12.5. The highest BCUT2D eigenvalue weighted by molar-refractivity contribution is 6.32. The summed E-state index contributed by atoms with van der Waals surface area (Å²) >= 11 is 6.20. The van der Waals surface area contributed by atoms with Gasteiger partial charge in [0.15, 0.2) is 5.82 Å². The van der Waals surface area contributed by atoms with E-state index in [4.69, 9.17) is 16.3 Å². The van der Waals surface area contributed by atoms with Crippen LogP contribution in [0.4, 0.5) is 11.6 Å². The molecular weight excluding hydrogens is 304 g/mol. The molecule has 2 aromatic rings. The Hall–Kier alpha value is -2.15. The number of aryl methyl sites for hydroxylation is 1. The molecule has 0 radical (unpaired) electrons. The van der Waals surface area contributed by atoms with Crippen molar-refractivity contribution in [2.75, 3.05) is 43.1 Å². The van der Waals surface area contributed by atoms with Crippen LogP contribution in [0, 0.1) is 6.92 Å². The van der Waals surface area contributed by atoms with Crippen molar-refractivity contribution < 1.29 is 4.74 Å². The number of halogens is 1. The predicted molar refractivity (Wildman–Crippen MR) is 84.8 cm³/mol. The van der Waals surface area contributed by atoms with Crippen LogP contribution < -0.4 is 14.5 Å². The number of aromatic nitrogens is 4. The summed E-state index contributed by atoms with van der Waals surface area (Å²) < 4.78 is 5.07. The minimum absolute atomic E-state index is 0.327. The average molecular weight is 321 g/mol. The van der Waals surface area contributed by atoms with E-state index in [9.17, 15) is 0 Å². The first kappa shape index (κ1) is 14.8. The van der Waals surface area contributed by atoms with E-state index < -0.39 is 0 Å². The van der Waals surface area contributed by atoms with Crippen molar-refractivity contribution in [3.05, 3.63) is 29.3 Å². The van der Waals surface area contributed by atoms with Crippen molar-refractivity contribution in [1.82, 2.24) is 19.9 Å². The number of ether oxygens (including phenoxy) is 1. The van der Waals surface area contributed by atoms with Gasteiger partial charge in [0.05, 0.1) is 13.3 Å². The van der Waals surface area contributed by atoms with E-state index in [1.807, 2.05) is 13.0 Å². The Labute approximate surface area is 133 Å². The molecule has 0 spiro atoms. The molecule has 3 heterocycles. The standard InChI is InChI=1S/C14H17ClN6O/c1-10-16-4-3-12(18-10)20-5-7-21(8-6-20)13-11(15)9-17-14(19-13)22-2/h3-4,9H,5-8H2,1-2H3. The third kappa shape index (κ3) is 3.04. The maximum absolute atomic E-state index is 6.20. The second-order valence-electron chi connectivity index (χ2n) is 4.96. The first-order chi connectivity index (χ1) is 10.7. The van der Waals surface area contributed by atoms with Gasteiger partial charge in [-0.25, -0.2) is 15.0 Å². The van der Waals surface area contributed by atoms with Gasteiger partial charge in [0.25, 0.3) is 0 Å². The Morgan fingerprint density at radius 2 is 1.82 bits per heavy atom. The van der Waals surface area contributed by atoms with Crippen LogP contribution in [0.1, 0.15) is 5.82 Å². The highest BCUT2D eigenvalue weighted by Crippen LogP contribution is 2.26. The Bertz CT molecular complexity index is 660. The molecule has 3 rings (SSSR count). The van der Waals surface area contributed by atoms with Crippen LogP contribution in [-0.4, -0.2) is 53.2 Å². The van der Waals surface area contributed by atoms with Crippen molar-refractivity contribution in [3.63, 3.8) is 0 Å². The molecule has 2 aromatic heterocycles. The lowest BCUT2D eigenvalue weighted by Gasteiger charge is -2.36. The number of methoxy groups -OCH3 is 1. The summed E-state index contributed by atoms with van der Waals surface area (Å²) in [6.07, 6.45) is 3.36. The molecule has 0 saturated carbocycles. The molecule has 0 amide bonds. The third-order valence-corrected chi connectivity index (χ3v) is 3.82. The Morgan fingerprint density at radius 3 is 2.50 bits per heavy atom. The number of rotatable bonds is 3. The minimum atomic E-state index is 0.327. The summed E-state index contributed by atoms with van der Waals surface area (Å²) in [5.74, 6) is 2.45. The molecule has 8 heteroatoms. The molecule has 0 unspecified atom stereocenters. The summed E-state index contributed by atoms with van der Waals surface area (Å²) in [6, 6.07) is 2.26. The highest BCUT2D eigenvalue weighted by atomic mass is 35.5. The fourth-order valence-corrected chi connectivity index (χ4v) is 2.64. The monoisotopic (exact) mass is 320 g/mol. The number of anilines is 2.